The number of rotatable bonds is 15. The molecule has 0 spiro atoms. The lowest BCUT2D eigenvalue weighted by molar-refractivity contribution is -0.169. The number of carboxylic acids is 1. The van der Waals surface area contributed by atoms with E-state index < -0.39 is 47.2 Å². The average molecular weight is 801 g/mol. The van der Waals surface area contributed by atoms with Crippen LogP contribution in [0.5, 0.6) is 5.75 Å². The molecule has 3 amide bonds. The molecule has 0 fully saturated rings. The van der Waals surface area contributed by atoms with Crippen LogP contribution in [0, 0.1) is 0 Å². The molecule has 3 rings (SSSR count). The number of carbonyl (C=O) groups excluding carboxylic acids is 3. The number of aromatic nitrogens is 1. The van der Waals surface area contributed by atoms with E-state index in [-0.39, 0.29) is 82.1 Å². The molecule has 0 bridgehead atoms. The quantitative estimate of drug-likeness (QED) is 0.0845. The number of anilines is 1. The number of fused-ring (bicyclic) bond motifs is 1. The molecule has 5 N–H and O–H groups in total. The van der Waals surface area contributed by atoms with Gasteiger partial charge in [0.25, 0.3) is 0 Å². The predicted octanol–water partition coefficient (Wildman–Crippen LogP) is 4.50. The molecule has 0 radical (unpaired) electrons. The van der Waals surface area contributed by atoms with Crippen LogP contribution in [-0.4, -0.2) is 112 Å². The summed E-state index contributed by atoms with van der Waals surface area (Å²) in [6.07, 6.45) is -6.09. The molecule has 17 nitrogen and oxygen atoms in total. The molecule has 1 aliphatic rings. The van der Waals surface area contributed by atoms with Gasteiger partial charge < -0.3 is 50.3 Å². The number of carboxylic acid groups (broad SMARTS) is 1. The molecule has 0 aliphatic carbocycles. The molecule has 0 saturated heterocycles. The average Bonchev–Trinajstić information content (AvgIpc) is 3.67. The van der Waals surface area contributed by atoms with E-state index in [2.05, 4.69) is 25.8 Å². The number of carbonyl (C=O) groups is 4. The Balaban J connectivity index is 1.74. The number of nitrogens with one attached hydrogen (secondary N) is 2. The highest BCUT2D eigenvalue weighted by molar-refractivity contribution is 7.13. The smallest absolute Gasteiger partial charge is 0.473 e. The minimum absolute atomic E-state index is 0.0344. The van der Waals surface area contributed by atoms with Gasteiger partial charge in [-0.05, 0) is 77.6 Å². The summed E-state index contributed by atoms with van der Waals surface area (Å²) < 4.78 is 57.0. The Hall–Kier alpha value is -5.34. The van der Waals surface area contributed by atoms with Crippen LogP contribution in [0.2, 0.25) is 0 Å². The lowest BCUT2D eigenvalue weighted by atomic mass is 10.1. The third-order valence-electron chi connectivity index (χ3n) is 7.02. The van der Waals surface area contributed by atoms with Gasteiger partial charge in [0, 0.05) is 44.6 Å². The number of hydrogen-bond acceptors (Lipinski definition) is 12. The van der Waals surface area contributed by atoms with E-state index in [1.165, 1.54) is 15.2 Å². The van der Waals surface area contributed by atoms with Crippen molar-refractivity contribution in [3.05, 3.63) is 40.4 Å². The van der Waals surface area contributed by atoms with Gasteiger partial charge in [-0.2, -0.15) is 18.2 Å². The van der Waals surface area contributed by atoms with Crippen LogP contribution in [-0.2, 0) is 37.0 Å². The number of alkyl halides is 3. The number of oxime groups is 1. The topological polar surface area (TPSA) is 220 Å². The van der Waals surface area contributed by atoms with Gasteiger partial charge in [-0.25, -0.2) is 19.4 Å². The summed E-state index contributed by atoms with van der Waals surface area (Å²) in [5.41, 5.74) is 5.14. The summed E-state index contributed by atoms with van der Waals surface area (Å²) in [6, 6.07) is 5.05. The van der Waals surface area contributed by atoms with E-state index in [0.717, 1.165) is 16.9 Å². The Bertz CT molecular complexity index is 1690. The summed E-state index contributed by atoms with van der Waals surface area (Å²) in [5, 5.41) is 19.8. The standard InChI is InChI=1S/C34H47F3N8O9S/c1-32(2,3)53-30(49)39-11-7-13-44(14-8-12-40-31(50)54-33(4,5)6)29(42-27(48)34(35,36)37)45-18-21-9-10-23(17-22(21)19-45)51-15-16-52-43-25(26(46)47)24-20-55-28(38)41-24/h9-10,17,20H,7-8,11-16,18-19H2,1-6H3,(H2,38,41)(H,39,49)(H,40,50)(H,46,47)/b42-29-,43-25-. The molecule has 2 heterocycles. The third kappa shape index (κ3) is 15.5. The number of hydrogen-bond donors (Lipinski definition) is 4. The number of nitrogen functional groups attached to an aromatic ring is 1. The van der Waals surface area contributed by atoms with Gasteiger partial charge in [0.1, 0.15) is 29.3 Å². The number of guanidine groups is 1. The molecule has 1 aromatic carbocycles. The minimum atomic E-state index is -5.24. The number of benzene rings is 1. The van der Waals surface area contributed by atoms with Crippen molar-refractivity contribution in [3.63, 3.8) is 0 Å². The van der Waals surface area contributed by atoms with Gasteiger partial charge in [0.15, 0.2) is 11.7 Å². The van der Waals surface area contributed by atoms with Crippen LogP contribution >= 0.6 is 11.3 Å². The zero-order valence-electron chi connectivity index (χ0n) is 31.4. The number of aliphatic carboxylic acids is 1. The lowest BCUT2D eigenvalue weighted by Crippen LogP contribution is -2.45. The number of nitrogens with two attached hydrogens (primary N) is 1. The van der Waals surface area contributed by atoms with Crippen molar-refractivity contribution in [1.29, 1.82) is 0 Å². The third-order valence-corrected chi connectivity index (χ3v) is 7.70. The summed E-state index contributed by atoms with van der Waals surface area (Å²) in [5.74, 6) is -3.50. The fourth-order valence-corrected chi connectivity index (χ4v) is 5.41. The molecule has 55 heavy (non-hydrogen) atoms. The lowest BCUT2D eigenvalue weighted by Gasteiger charge is -2.32. The fraction of sp³-hybridized carbons (Fsp3) is 0.559. The number of amides is 3. The van der Waals surface area contributed by atoms with Gasteiger partial charge in [-0.3, -0.25) is 4.79 Å². The van der Waals surface area contributed by atoms with Crippen molar-refractivity contribution in [3.8, 4) is 5.75 Å². The van der Waals surface area contributed by atoms with Crippen LogP contribution in [0.4, 0.5) is 27.9 Å². The van der Waals surface area contributed by atoms with Crippen molar-refractivity contribution in [1.82, 2.24) is 25.4 Å². The van der Waals surface area contributed by atoms with E-state index in [4.69, 9.17) is 24.8 Å². The number of alkyl carbamates (subject to hydrolysis) is 2. The van der Waals surface area contributed by atoms with E-state index in [1.807, 2.05) is 0 Å². The van der Waals surface area contributed by atoms with Gasteiger partial charge >= 0.3 is 30.2 Å². The molecule has 0 unspecified atom stereocenters. The van der Waals surface area contributed by atoms with Crippen LogP contribution in [0.15, 0.2) is 33.7 Å². The number of ether oxygens (including phenoxy) is 3. The van der Waals surface area contributed by atoms with E-state index in [9.17, 15) is 37.5 Å². The Morgan fingerprint density at radius 3 is 2.04 bits per heavy atom. The summed E-state index contributed by atoms with van der Waals surface area (Å²) in [7, 11) is 0. The van der Waals surface area contributed by atoms with Crippen molar-refractivity contribution < 1.29 is 56.5 Å². The Morgan fingerprint density at radius 2 is 1.53 bits per heavy atom. The fourth-order valence-electron chi connectivity index (χ4n) is 4.86. The highest BCUT2D eigenvalue weighted by Crippen LogP contribution is 2.29. The molecule has 21 heteroatoms. The molecule has 304 valence electrons. The van der Waals surface area contributed by atoms with Crippen molar-refractivity contribution >= 4 is 52.2 Å². The first-order valence-corrected chi connectivity index (χ1v) is 18.0. The van der Waals surface area contributed by atoms with E-state index in [0.29, 0.717) is 11.3 Å². The second kappa shape index (κ2) is 19.3. The van der Waals surface area contributed by atoms with Gasteiger partial charge in [0.05, 0.1) is 0 Å². The molecule has 1 aromatic heterocycles. The summed E-state index contributed by atoms with van der Waals surface area (Å²) >= 11 is 1.05. The van der Waals surface area contributed by atoms with Crippen molar-refractivity contribution in [2.45, 2.75) is 84.9 Å². The number of nitrogens with zero attached hydrogens (tertiary/aromatic N) is 5. The number of halogens is 3. The highest BCUT2D eigenvalue weighted by Gasteiger charge is 2.40. The molecule has 1 aliphatic heterocycles. The minimum Gasteiger partial charge on any atom is -0.490 e. The highest BCUT2D eigenvalue weighted by atomic mass is 32.1. The molecule has 0 saturated carbocycles. The normalized spacial score (nSPS) is 13.5. The largest absolute Gasteiger partial charge is 0.490 e. The summed E-state index contributed by atoms with van der Waals surface area (Å²) in [4.78, 5) is 63.8. The number of thiazole rings is 1. The number of aliphatic imine (C=N–C) groups is 1. The Labute approximate surface area is 320 Å². The Morgan fingerprint density at radius 1 is 0.945 bits per heavy atom. The second-order valence-corrected chi connectivity index (χ2v) is 14.9. The van der Waals surface area contributed by atoms with Crippen LogP contribution in [0.3, 0.4) is 0 Å². The summed E-state index contributed by atoms with van der Waals surface area (Å²) in [6.45, 7) is 10.6. The first kappa shape index (κ1) is 44.1. The molecule has 2 aromatic rings. The zero-order chi connectivity index (χ0) is 41.0. The van der Waals surface area contributed by atoms with Crippen LogP contribution in [0.1, 0.15) is 71.2 Å². The van der Waals surface area contributed by atoms with Gasteiger partial charge in [-0.1, -0.05) is 11.2 Å². The van der Waals surface area contributed by atoms with Crippen LogP contribution in [0.25, 0.3) is 0 Å². The SMILES string of the molecule is CC(C)(C)OC(=O)NCCCN(CCCNC(=O)OC(C)(C)C)/C(=N/C(=O)C(F)(F)F)N1Cc2ccc(OCCO/N=C(\C(=O)O)c3csc(N)n3)cc2C1. The first-order valence-electron chi connectivity index (χ1n) is 17.1. The maximum atomic E-state index is 13.6. The monoisotopic (exact) mass is 800 g/mol. The molecular formula is C34H47F3N8O9S. The van der Waals surface area contributed by atoms with Crippen LogP contribution < -0.4 is 21.1 Å². The van der Waals surface area contributed by atoms with Crippen molar-refractivity contribution in [2.75, 3.05) is 45.1 Å². The predicted molar refractivity (Wildman–Crippen MR) is 196 cm³/mol. The first-order chi connectivity index (χ1) is 25.6. The van der Waals surface area contributed by atoms with Crippen molar-refractivity contribution in [2.24, 2.45) is 10.1 Å². The molecular weight excluding hydrogens is 753 g/mol. The second-order valence-electron chi connectivity index (χ2n) is 14.1. The van der Waals surface area contributed by atoms with Gasteiger partial charge in [-0.15, -0.1) is 11.3 Å². The molecule has 0 atom stereocenters. The maximum absolute atomic E-state index is 13.6. The zero-order valence-corrected chi connectivity index (χ0v) is 32.3. The maximum Gasteiger partial charge on any atom is 0.473 e. The van der Waals surface area contributed by atoms with E-state index in [1.54, 1.807) is 59.7 Å². The van der Waals surface area contributed by atoms with Gasteiger partial charge in [0.2, 0.25) is 11.7 Å². The van der Waals surface area contributed by atoms with E-state index >= 15 is 0 Å². The Kier molecular flexibility index (Phi) is 15.5.